The first-order chi connectivity index (χ1) is 16.7. The van der Waals surface area contributed by atoms with Gasteiger partial charge in [-0.05, 0) is 30.2 Å². The second-order valence-electron chi connectivity index (χ2n) is 7.99. The molecule has 0 bridgehead atoms. The van der Waals surface area contributed by atoms with Gasteiger partial charge < -0.3 is 9.64 Å². The van der Waals surface area contributed by atoms with Crippen LogP contribution in [0.25, 0.3) is 0 Å². The van der Waals surface area contributed by atoms with Crippen LogP contribution in [0.15, 0.2) is 90.0 Å². The number of carbonyl (C=O) groups is 1. The van der Waals surface area contributed by atoms with Crippen molar-refractivity contribution in [2.24, 2.45) is 5.10 Å². The number of nitrogens with one attached hydrogen (secondary N) is 1. The van der Waals surface area contributed by atoms with Gasteiger partial charge in [-0.15, -0.1) is 5.10 Å². The Balaban J connectivity index is 1.52. The maximum atomic E-state index is 12.7. The number of rotatable bonds is 6. The third-order valence-electron chi connectivity index (χ3n) is 5.82. The fourth-order valence-electron chi connectivity index (χ4n) is 4.18. The van der Waals surface area contributed by atoms with Crippen LogP contribution in [0.4, 0.5) is 5.69 Å². The molecule has 0 radical (unpaired) electrons. The number of amidine groups is 1. The predicted molar refractivity (Wildman–Crippen MR) is 137 cm³/mol. The Morgan fingerprint density at radius 2 is 1.47 bits per heavy atom. The number of anilines is 1. The molecule has 0 aliphatic carbocycles. The zero-order valence-electron chi connectivity index (χ0n) is 19.2. The van der Waals surface area contributed by atoms with Gasteiger partial charge in [-0.1, -0.05) is 84.4 Å². The van der Waals surface area contributed by atoms with Crippen LogP contribution >= 0.6 is 11.6 Å². The van der Waals surface area contributed by atoms with Gasteiger partial charge in [0, 0.05) is 26.2 Å². The van der Waals surface area contributed by atoms with Gasteiger partial charge in [0.15, 0.2) is 0 Å². The molecule has 0 amide bonds. The first-order valence-corrected chi connectivity index (χ1v) is 11.9. The first kappa shape index (κ1) is 23.8. The lowest BCUT2D eigenvalue weighted by Gasteiger charge is -2.40. The molecule has 176 valence electrons. The minimum Gasteiger partial charge on any atom is -0.460 e. The van der Waals surface area contributed by atoms with E-state index >= 15 is 0 Å². The third kappa shape index (κ3) is 5.76. The average molecular weight is 477 g/mol. The highest BCUT2D eigenvalue weighted by molar-refractivity contribution is 6.35. The molecule has 4 rings (SSSR count). The molecule has 1 N–H and O–H groups in total. The molecule has 0 saturated carbocycles. The smallest absolute Gasteiger partial charge is 0.375 e. The second kappa shape index (κ2) is 11.7. The Morgan fingerprint density at radius 3 is 2.03 bits per heavy atom. The minimum atomic E-state index is -0.446. The lowest BCUT2D eigenvalue weighted by Crippen LogP contribution is -2.52. The van der Waals surface area contributed by atoms with Crippen molar-refractivity contribution in [2.45, 2.75) is 13.0 Å². The van der Waals surface area contributed by atoms with E-state index in [1.165, 1.54) is 11.1 Å². The van der Waals surface area contributed by atoms with Crippen molar-refractivity contribution in [1.29, 1.82) is 0 Å². The molecule has 0 spiro atoms. The number of hydrogen-bond acceptors (Lipinski definition) is 5. The number of ether oxygens (including phenoxy) is 1. The van der Waals surface area contributed by atoms with Crippen LogP contribution in [-0.4, -0.2) is 54.4 Å². The normalized spacial score (nSPS) is 14.8. The van der Waals surface area contributed by atoms with Gasteiger partial charge in [0.2, 0.25) is 5.84 Å². The Morgan fingerprint density at radius 1 is 0.912 bits per heavy atom. The molecule has 1 aliphatic heterocycles. The molecule has 1 saturated heterocycles. The van der Waals surface area contributed by atoms with E-state index in [-0.39, 0.29) is 18.5 Å². The third-order valence-corrected chi connectivity index (χ3v) is 6.15. The zero-order chi connectivity index (χ0) is 23.8. The van der Waals surface area contributed by atoms with E-state index in [0.29, 0.717) is 23.8 Å². The molecular formula is C27H29ClN4O2. The van der Waals surface area contributed by atoms with E-state index in [0.717, 1.165) is 13.1 Å². The summed E-state index contributed by atoms with van der Waals surface area (Å²) in [5, 5.41) is 4.93. The molecule has 1 fully saturated rings. The van der Waals surface area contributed by atoms with Crippen molar-refractivity contribution in [1.82, 2.24) is 9.80 Å². The molecule has 1 heterocycles. The molecule has 0 aromatic heterocycles. The van der Waals surface area contributed by atoms with Crippen LogP contribution in [0.2, 0.25) is 5.02 Å². The number of nitrogens with zero attached hydrogens (tertiary/aromatic N) is 3. The summed E-state index contributed by atoms with van der Waals surface area (Å²) in [5.74, 6) is -0.185. The fourth-order valence-corrected chi connectivity index (χ4v) is 4.36. The molecule has 1 aliphatic rings. The highest BCUT2D eigenvalue weighted by Gasteiger charge is 2.30. The van der Waals surface area contributed by atoms with Crippen LogP contribution < -0.4 is 5.43 Å². The molecule has 3 aromatic rings. The van der Waals surface area contributed by atoms with Gasteiger partial charge in [-0.25, -0.2) is 4.79 Å². The number of hydrogen-bond donors (Lipinski definition) is 1. The first-order valence-electron chi connectivity index (χ1n) is 11.5. The summed E-state index contributed by atoms with van der Waals surface area (Å²) < 4.78 is 5.29. The summed E-state index contributed by atoms with van der Waals surface area (Å²) in [6, 6.07) is 28.5. The summed E-state index contributed by atoms with van der Waals surface area (Å²) >= 11 is 6.24. The lowest BCUT2D eigenvalue weighted by molar-refractivity contribution is -0.136. The Kier molecular flexibility index (Phi) is 8.17. The van der Waals surface area contributed by atoms with E-state index in [1.54, 1.807) is 13.0 Å². The quantitative estimate of drug-likeness (QED) is 0.234. The van der Waals surface area contributed by atoms with Crippen LogP contribution in [0.5, 0.6) is 0 Å². The Bertz CT molecular complexity index is 1060. The van der Waals surface area contributed by atoms with Crippen LogP contribution in [0.1, 0.15) is 24.1 Å². The highest BCUT2D eigenvalue weighted by Crippen LogP contribution is 2.29. The van der Waals surface area contributed by atoms with Crippen LogP contribution in [0, 0.1) is 0 Å². The largest absolute Gasteiger partial charge is 0.460 e. The maximum Gasteiger partial charge on any atom is 0.375 e. The van der Waals surface area contributed by atoms with Crippen LogP contribution in [-0.2, 0) is 9.53 Å². The molecule has 7 heteroatoms. The number of carbonyl (C=O) groups excluding carboxylic acids is 1. The highest BCUT2D eigenvalue weighted by atomic mass is 35.5. The van der Waals surface area contributed by atoms with E-state index < -0.39 is 5.97 Å². The Hall–Kier alpha value is -3.35. The van der Waals surface area contributed by atoms with Crippen molar-refractivity contribution in [3.63, 3.8) is 0 Å². The van der Waals surface area contributed by atoms with E-state index in [2.05, 4.69) is 64.0 Å². The van der Waals surface area contributed by atoms with Gasteiger partial charge in [0.25, 0.3) is 0 Å². The summed E-state index contributed by atoms with van der Waals surface area (Å²) in [7, 11) is 0. The van der Waals surface area contributed by atoms with E-state index in [1.807, 2.05) is 35.2 Å². The monoisotopic (exact) mass is 476 g/mol. The number of esters is 1. The zero-order valence-corrected chi connectivity index (χ0v) is 20.0. The maximum absolute atomic E-state index is 12.7. The van der Waals surface area contributed by atoms with Crippen molar-refractivity contribution >= 4 is 29.1 Å². The van der Waals surface area contributed by atoms with Gasteiger partial charge in [0.1, 0.15) is 0 Å². The summed E-state index contributed by atoms with van der Waals surface area (Å²) in [4.78, 5) is 17.2. The number of hydrazone groups is 1. The van der Waals surface area contributed by atoms with Crippen molar-refractivity contribution in [3.05, 3.63) is 101 Å². The molecular weight excluding hydrogens is 448 g/mol. The molecule has 34 heavy (non-hydrogen) atoms. The van der Waals surface area contributed by atoms with E-state index in [9.17, 15) is 4.79 Å². The topological polar surface area (TPSA) is 57.2 Å². The SMILES string of the molecule is CCOC(=O)/C(=N\Nc1ccccc1Cl)N1CCN(C(c2ccccc2)c2ccccc2)CC1. The van der Waals surface area contributed by atoms with Gasteiger partial charge in [-0.2, -0.15) is 0 Å². The van der Waals surface area contributed by atoms with E-state index in [4.69, 9.17) is 16.3 Å². The number of benzene rings is 3. The average Bonchev–Trinajstić information content (AvgIpc) is 2.88. The van der Waals surface area contributed by atoms with Crippen molar-refractivity contribution in [2.75, 3.05) is 38.2 Å². The summed E-state index contributed by atoms with van der Waals surface area (Å²) in [5.41, 5.74) is 6.08. The minimum absolute atomic E-state index is 0.147. The predicted octanol–water partition coefficient (Wildman–Crippen LogP) is 5.04. The second-order valence-corrected chi connectivity index (χ2v) is 8.40. The summed E-state index contributed by atoms with van der Waals surface area (Å²) in [6.07, 6.45) is 0. The lowest BCUT2D eigenvalue weighted by atomic mass is 9.96. The molecule has 0 atom stereocenters. The van der Waals surface area contributed by atoms with Gasteiger partial charge >= 0.3 is 5.97 Å². The number of para-hydroxylation sites is 1. The molecule has 3 aromatic carbocycles. The van der Waals surface area contributed by atoms with Crippen molar-refractivity contribution < 1.29 is 9.53 Å². The number of piperazine rings is 1. The van der Waals surface area contributed by atoms with Crippen LogP contribution in [0.3, 0.4) is 0 Å². The fraction of sp³-hybridized carbons (Fsp3) is 0.259. The Labute approximate surface area is 205 Å². The van der Waals surface area contributed by atoms with Gasteiger partial charge in [0.05, 0.1) is 23.4 Å². The number of halogens is 1. The van der Waals surface area contributed by atoms with Crippen molar-refractivity contribution in [3.8, 4) is 0 Å². The standard InChI is InChI=1S/C27H29ClN4O2/c1-2-34-27(33)26(30-29-24-16-10-9-15-23(24)28)32-19-17-31(18-20-32)25(21-11-5-3-6-12-21)22-13-7-4-8-14-22/h3-16,25,29H,2,17-20H2,1H3/b30-26+. The van der Waals surface area contributed by atoms with Gasteiger partial charge in [-0.3, -0.25) is 10.3 Å². The summed E-state index contributed by atoms with van der Waals surface area (Å²) in [6.45, 7) is 4.93. The molecule has 6 nitrogen and oxygen atoms in total. The molecule has 0 unspecified atom stereocenters.